The van der Waals surface area contributed by atoms with Gasteiger partial charge < -0.3 is 9.84 Å². The zero-order valence-corrected chi connectivity index (χ0v) is 10.2. The highest BCUT2D eigenvalue weighted by Crippen LogP contribution is 2.23. The first-order valence-corrected chi connectivity index (χ1v) is 5.70. The number of rotatable bonds is 3. The number of ether oxygens (including phenoxy) is 1. The zero-order chi connectivity index (χ0) is 12.3. The molecular weight excluding hydrogens is 236 g/mol. The monoisotopic (exact) mass is 248 g/mol. The molecule has 0 radical (unpaired) electrons. The van der Waals surface area contributed by atoms with Gasteiger partial charge >= 0.3 is 0 Å². The van der Waals surface area contributed by atoms with Crippen LogP contribution in [0.3, 0.4) is 0 Å². The van der Waals surface area contributed by atoms with E-state index >= 15 is 0 Å². The van der Waals surface area contributed by atoms with Crippen molar-refractivity contribution >= 4 is 11.6 Å². The number of aryl methyl sites for hydroxylation is 1. The molecule has 0 saturated heterocycles. The Kier molecular flexibility index (Phi) is 3.55. The van der Waals surface area contributed by atoms with Crippen molar-refractivity contribution in [3.8, 4) is 11.5 Å². The maximum absolute atomic E-state index is 9.66. The van der Waals surface area contributed by atoms with Crippen LogP contribution in [0.2, 0.25) is 5.02 Å². The summed E-state index contributed by atoms with van der Waals surface area (Å²) in [6.45, 7) is 2.33. The standard InChI is InChI=1S/C14H13ClO2/c1-10-3-2-4-13(7-10)17-9-11-5-6-12(15)8-14(11)16/h2-8,16H,9H2,1H3. The average Bonchev–Trinajstić information content (AvgIpc) is 2.28. The highest BCUT2D eigenvalue weighted by atomic mass is 35.5. The highest BCUT2D eigenvalue weighted by Gasteiger charge is 2.03. The fourth-order valence-electron chi connectivity index (χ4n) is 1.53. The molecule has 0 aliphatic rings. The number of hydrogen-bond acceptors (Lipinski definition) is 2. The lowest BCUT2D eigenvalue weighted by Gasteiger charge is -2.08. The van der Waals surface area contributed by atoms with Gasteiger partial charge in [-0.3, -0.25) is 0 Å². The fourth-order valence-corrected chi connectivity index (χ4v) is 1.69. The van der Waals surface area contributed by atoms with E-state index in [0.717, 1.165) is 16.9 Å². The third kappa shape index (κ3) is 3.14. The molecule has 0 unspecified atom stereocenters. The third-order valence-corrected chi connectivity index (χ3v) is 2.67. The first-order chi connectivity index (χ1) is 8.15. The molecule has 1 N–H and O–H groups in total. The maximum atomic E-state index is 9.66. The minimum Gasteiger partial charge on any atom is -0.507 e. The lowest BCUT2D eigenvalue weighted by Crippen LogP contribution is -1.95. The molecule has 0 saturated carbocycles. The van der Waals surface area contributed by atoms with Crippen LogP contribution < -0.4 is 4.74 Å². The van der Waals surface area contributed by atoms with Crippen LogP contribution in [0, 0.1) is 6.92 Å². The van der Waals surface area contributed by atoms with E-state index in [9.17, 15) is 5.11 Å². The second-order valence-corrected chi connectivity index (χ2v) is 4.31. The Morgan fingerprint density at radius 3 is 2.71 bits per heavy atom. The van der Waals surface area contributed by atoms with Crippen LogP contribution in [0.4, 0.5) is 0 Å². The maximum Gasteiger partial charge on any atom is 0.123 e. The van der Waals surface area contributed by atoms with E-state index in [1.54, 1.807) is 12.1 Å². The van der Waals surface area contributed by atoms with Gasteiger partial charge in [-0.05, 0) is 36.8 Å². The van der Waals surface area contributed by atoms with Gasteiger partial charge in [-0.15, -0.1) is 0 Å². The molecule has 17 heavy (non-hydrogen) atoms. The zero-order valence-electron chi connectivity index (χ0n) is 9.48. The van der Waals surface area contributed by atoms with E-state index in [-0.39, 0.29) is 5.75 Å². The van der Waals surface area contributed by atoms with Crippen molar-refractivity contribution in [3.63, 3.8) is 0 Å². The average molecular weight is 249 g/mol. The Bertz CT molecular complexity index is 523. The van der Waals surface area contributed by atoms with Crippen molar-refractivity contribution in [2.75, 3.05) is 0 Å². The summed E-state index contributed by atoms with van der Waals surface area (Å²) in [7, 11) is 0. The molecule has 0 aromatic heterocycles. The number of halogens is 1. The smallest absolute Gasteiger partial charge is 0.123 e. The summed E-state index contributed by atoms with van der Waals surface area (Å²) >= 11 is 5.75. The molecule has 0 atom stereocenters. The summed E-state index contributed by atoms with van der Waals surface area (Å²) in [4.78, 5) is 0. The van der Waals surface area contributed by atoms with Crippen LogP contribution in [0.5, 0.6) is 11.5 Å². The van der Waals surface area contributed by atoms with Gasteiger partial charge in [-0.25, -0.2) is 0 Å². The Hall–Kier alpha value is -1.67. The van der Waals surface area contributed by atoms with Gasteiger partial charge in [0.25, 0.3) is 0 Å². The molecule has 2 rings (SSSR count). The quantitative estimate of drug-likeness (QED) is 0.892. The van der Waals surface area contributed by atoms with E-state index in [1.807, 2.05) is 31.2 Å². The predicted octanol–water partition coefficient (Wildman–Crippen LogP) is 3.93. The van der Waals surface area contributed by atoms with Crippen LogP contribution in [0.25, 0.3) is 0 Å². The first kappa shape index (κ1) is 11.8. The van der Waals surface area contributed by atoms with E-state index in [2.05, 4.69) is 0 Å². The van der Waals surface area contributed by atoms with E-state index in [0.29, 0.717) is 11.6 Å². The van der Waals surface area contributed by atoms with Gasteiger partial charge in [-0.1, -0.05) is 29.8 Å². The molecule has 0 fully saturated rings. The second-order valence-electron chi connectivity index (χ2n) is 3.88. The van der Waals surface area contributed by atoms with Crippen LogP contribution >= 0.6 is 11.6 Å². The summed E-state index contributed by atoms with van der Waals surface area (Å²) in [5.74, 6) is 0.949. The number of aromatic hydroxyl groups is 1. The van der Waals surface area contributed by atoms with Gasteiger partial charge in [0, 0.05) is 10.6 Å². The van der Waals surface area contributed by atoms with E-state index in [1.165, 1.54) is 6.07 Å². The Labute approximate surface area is 105 Å². The molecule has 2 aromatic rings. The minimum absolute atomic E-state index is 0.158. The summed E-state index contributed by atoms with van der Waals surface area (Å²) < 4.78 is 5.59. The topological polar surface area (TPSA) is 29.5 Å². The molecule has 0 heterocycles. The number of benzene rings is 2. The van der Waals surface area contributed by atoms with E-state index in [4.69, 9.17) is 16.3 Å². The first-order valence-electron chi connectivity index (χ1n) is 5.32. The van der Waals surface area contributed by atoms with Crippen molar-refractivity contribution in [2.45, 2.75) is 13.5 Å². The molecule has 2 aromatic carbocycles. The van der Waals surface area contributed by atoms with Crippen LogP contribution in [-0.4, -0.2) is 5.11 Å². The van der Waals surface area contributed by atoms with Crippen molar-refractivity contribution in [1.82, 2.24) is 0 Å². The molecule has 88 valence electrons. The van der Waals surface area contributed by atoms with Gasteiger partial charge in [0.1, 0.15) is 18.1 Å². The van der Waals surface area contributed by atoms with Crippen LogP contribution in [-0.2, 0) is 6.61 Å². The van der Waals surface area contributed by atoms with E-state index < -0.39 is 0 Å². The van der Waals surface area contributed by atoms with Crippen molar-refractivity contribution in [1.29, 1.82) is 0 Å². The molecule has 2 nitrogen and oxygen atoms in total. The normalized spacial score (nSPS) is 10.2. The van der Waals surface area contributed by atoms with Gasteiger partial charge in [-0.2, -0.15) is 0 Å². The van der Waals surface area contributed by atoms with Crippen LogP contribution in [0.15, 0.2) is 42.5 Å². The molecule has 0 bridgehead atoms. The minimum atomic E-state index is 0.158. The summed E-state index contributed by atoms with van der Waals surface area (Å²) in [6.07, 6.45) is 0. The lowest BCUT2D eigenvalue weighted by molar-refractivity contribution is 0.299. The van der Waals surface area contributed by atoms with Gasteiger partial charge in [0.05, 0.1) is 0 Å². The Balaban J connectivity index is 2.07. The summed E-state index contributed by atoms with van der Waals surface area (Å²) in [6, 6.07) is 12.8. The molecule has 0 amide bonds. The third-order valence-electron chi connectivity index (χ3n) is 2.43. The van der Waals surface area contributed by atoms with Gasteiger partial charge in [0.2, 0.25) is 0 Å². The fraction of sp³-hybridized carbons (Fsp3) is 0.143. The number of hydrogen-bond donors (Lipinski definition) is 1. The molecule has 0 aliphatic heterocycles. The summed E-state index contributed by atoms with van der Waals surface area (Å²) in [5.41, 5.74) is 1.86. The van der Waals surface area contributed by atoms with Crippen LogP contribution in [0.1, 0.15) is 11.1 Å². The van der Waals surface area contributed by atoms with Gasteiger partial charge in [0.15, 0.2) is 0 Å². The Morgan fingerprint density at radius 1 is 1.18 bits per heavy atom. The molecule has 3 heteroatoms. The molecule has 0 spiro atoms. The molecular formula is C14H13ClO2. The molecule has 0 aliphatic carbocycles. The van der Waals surface area contributed by atoms with Crippen molar-refractivity contribution in [2.24, 2.45) is 0 Å². The summed E-state index contributed by atoms with van der Waals surface area (Å²) in [5, 5.41) is 10.2. The number of phenols is 1. The van der Waals surface area contributed by atoms with Crippen molar-refractivity contribution < 1.29 is 9.84 Å². The number of phenolic OH excluding ortho intramolecular Hbond substituents is 1. The Morgan fingerprint density at radius 2 is 2.00 bits per heavy atom. The SMILES string of the molecule is Cc1cccc(OCc2ccc(Cl)cc2O)c1. The second kappa shape index (κ2) is 5.11. The highest BCUT2D eigenvalue weighted by molar-refractivity contribution is 6.30. The van der Waals surface area contributed by atoms with Crippen molar-refractivity contribution in [3.05, 3.63) is 58.6 Å². The predicted molar refractivity (Wildman–Crippen MR) is 68.6 cm³/mol. The largest absolute Gasteiger partial charge is 0.507 e. The lowest BCUT2D eigenvalue weighted by atomic mass is 10.2.